The smallest absolute Gasteiger partial charge is 0.264 e. The van der Waals surface area contributed by atoms with E-state index in [0.29, 0.717) is 11.4 Å². The van der Waals surface area contributed by atoms with Crippen LogP contribution in [0.15, 0.2) is 42.5 Å². The number of hydrogen-bond donors (Lipinski definition) is 3. The van der Waals surface area contributed by atoms with Crippen LogP contribution in [0, 0.1) is 13.8 Å². The summed E-state index contributed by atoms with van der Waals surface area (Å²) in [5.74, 6) is 0.493. The van der Waals surface area contributed by atoms with Crippen LogP contribution in [0.3, 0.4) is 0 Å². The number of carbonyl (C=O) groups excluding carboxylic acids is 1. The second kappa shape index (κ2) is 7.60. The van der Waals surface area contributed by atoms with Crippen LogP contribution in [-0.4, -0.2) is 22.7 Å². The quantitative estimate of drug-likeness (QED) is 0.594. The van der Waals surface area contributed by atoms with Crippen LogP contribution in [-0.2, 0) is 4.79 Å². The van der Waals surface area contributed by atoms with Crippen LogP contribution in [0.2, 0.25) is 0 Å². The van der Waals surface area contributed by atoms with Crippen molar-refractivity contribution in [3.63, 3.8) is 0 Å². The van der Waals surface area contributed by atoms with Crippen molar-refractivity contribution < 1.29 is 14.6 Å². The highest BCUT2D eigenvalue weighted by molar-refractivity contribution is 7.80. The van der Waals surface area contributed by atoms with Gasteiger partial charge in [0, 0.05) is 5.69 Å². The average Bonchev–Trinajstić information content (AvgIpc) is 2.50. The van der Waals surface area contributed by atoms with Gasteiger partial charge in [0.2, 0.25) is 0 Å². The zero-order valence-electron chi connectivity index (χ0n) is 12.9. The first-order chi connectivity index (χ1) is 10.9. The number of carbonyl (C=O) groups is 1. The molecule has 0 aromatic heterocycles. The Bertz CT molecular complexity index is 714. The summed E-state index contributed by atoms with van der Waals surface area (Å²) >= 11 is 5.06. The molecular weight excluding hydrogens is 312 g/mol. The fourth-order valence-corrected chi connectivity index (χ4v) is 2.11. The lowest BCUT2D eigenvalue weighted by Crippen LogP contribution is -2.37. The predicted molar refractivity (Wildman–Crippen MR) is 93.9 cm³/mol. The Morgan fingerprint density at radius 1 is 1.17 bits per heavy atom. The van der Waals surface area contributed by atoms with Gasteiger partial charge in [0.05, 0.1) is 0 Å². The minimum atomic E-state index is -0.345. The molecule has 0 aliphatic carbocycles. The number of rotatable bonds is 4. The number of hydrogen-bond acceptors (Lipinski definition) is 4. The molecule has 0 saturated heterocycles. The maximum absolute atomic E-state index is 11.9. The van der Waals surface area contributed by atoms with E-state index in [1.807, 2.05) is 32.0 Å². The van der Waals surface area contributed by atoms with Crippen LogP contribution in [0.5, 0.6) is 11.5 Å². The van der Waals surface area contributed by atoms with Crippen LogP contribution in [0.1, 0.15) is 11.1 Å². The largest absolute Gasteiger partial charge is 0.508 e. The average molecular weight is 330 g/mol. The molecule has 3 N–H and O–H groups in total. The molecule has 0 atom stereocenters. The van der Waals surface area contributed by atoms with Crippen molar-refractivity contribution in [3.8, 4) is 11.5 Å². The summed E-state index contributed by atoms with van der Waals surface area (Å²) in [6, 6.07) is 12.2. The molecule has 0 heterocycles. The van der Waals surface area contributed by atoms with Gasteiger partial charge in [0.25, 0.3) is 5.91 Å². The molecule has 0 aliphatic heterocycles. The Morgan fingerprint density at radius 3 is 2.57 bits per heavy atom. The van der Waals surface area contributed by atoms with Crippen molar-refractivity contribution in [3.05, 3.63) is 53.6 Å². The molecule has 0 bridgehead atoms. The number of nitrogens with one attached hydrogen (secondary N) is 2. The van der Waals surface area contributed by atoms with Gasteiger partial charge in [-0.15, -0.1) is 0 Å². The normalized spacial score (nSPS) is 10.0. The number of anilines is 1. The van der Waals surface area contributed by atoms with E-state index in [1.165, 1.54) is 12.1 Å². The highest BCUT2D eigenvalue weighted by atomic mass is 32.1. The van der Waals surface area contributed by atoms with Crippen LogP contribution in [0.25, 0.3) is 0 Å². The Hall–Kier alpha value is -2.60. The summed E-state index contributed by atoms with van der Waals surface area (Å²) in [6.07, 6.45) is 0. The molecule has 0 unspecified atom stereocenters. The lowest BCUT2D eigenvalue weighted by molar-refractivity contribution is -0.121. The van der Waals surface area contributed by atoms with Crippen LogP contribution in [0.4, 0.5) is 5.69 Å². The predicted octanol–water partition coefficient (Wildman–Crippen LogP) is 2.90. The lowest BCUT2D eigenvalue weighted by Gasteiger charge is -2.12. The molecule has 0 radical (unpaired) electrons. The zero-order valence-corrected chi connectivity index (χ0v) is 13.7. The molecule has 2 aromatic rings. The summed E-state index contributed by atoms with van der Waals surface area (Å²) in [5, 5.41) is 14.8. The van der Waals surface area contributed by atoms with Crippen molar-refractivity contribution in [2.75, 3.05) is 11.9 Å². The van der Waals surface area contributed by atoms with Crippen molar-refractivity contribution in [1.82, 2.24) is 5.32 Å². The standard InChI is InChI=1S/C17H18N2O3S/c1-11-3-4-12(2)15(9-11)22-10-16(21)19-17(23)18-13-5-7-14(20)8-6-13/h3-9,20H,10H2,1-2H3,(H2,18,19,21,23). The molecule has 0 fully saturated rings. The molecule has 2 aromatic carbocycles. The molecule has 0 spiro atoms. The van der Waals surface area contributed by atoms with E-state index in [4.69, 9.17) is 17.0 Å². The first-order valence-corrected chi connectivity index (χ1v) is 7.45. The fraction of sp³-hybridized carbons (Fsp3) is 0.176. The second-order valence-electron chi connectivity index (χ2n) is 5.11. The Labute approximate surface area is 140 Å². The van der Waals surface area contributed by atoms with E-state index < -0.39 is 0 Å². The Morgan fingerprint density at radius 2 is 1.87 bits per heavy atom. The van der Waals surface area contributed by atoms with Gasteiger partial charge in [-0.25, -0.2) is 0 Å². The fourth-order valence-electron chi connectivity index (χ4n) is 1.88. The number of phenolic OH excluding ortho intramolecular Hbond substituents is 1. The van der Waals surface area contributed by atoms with Crippen LogP contribution >= 0.6 is 12.2 Å². The van der Waals surface area contributed by atoms with E-state index in [9.17, 15) is 9.90 Å². The number of phenols is 1. The number of aromatic hydroxyl groups is 1. The van der Waals surface area contributed by atoms with E-state index in [1.54, 1.807) is 12.1 Å². The number of aryl methyl sites for hydroxylation is 2. The molecule has 2 rings (SSSR count). The third-order valence-electron chi connectivity index (χ3n) is 3.08. The highest BCUT2D eigenvalue weighted by Gasteiger charge is 2.07. The minimum Gasteiger partial charge on any atom is -0.508 e. The molecule has 0 aliphatic rings. The number of thiocarbonyl (C=S) groups is 1. The number of ether oxygens (including phenoxy) is 1. The third-order valence-corrected chi connectivity index (χ3v) is 3.28. The third kappa shape index (κ3) is 5.27. The topological polar surface area (TPSA) is 70.6 Å². The van der Waals surface area contributed by atoms with Gasteiger partial charge in [-0.05, 0) is 67.5 Å². The van der Waals surface area contributed by atoms with E-state index >= 15 is 0 Å². The van der Waals surface area contributed by atoms with Gasteiger partial charge in [-0.2, -0.15) is 0 Å². The monoisotopic (exact) mass is 330 g/mol. The summed E-state index contributed by atoms with van der Waals surface area (Å²) in [4.78, 5) is 11.9. The first kappa shape index (κ1) is 16.8. The van der Waals surface area contributed by atoms with Crippen molar-refractivity contribution in [2.45, 2.75) is 13.8 Å². The van der Waals surface area contributed by atoms with Gasteiger partial charge in [-0.1, -0.05) is 12.1 Å². The summed E-state index contributed by atoms with van der Waals surface area (Å²) in [5.41, 5.74) is 2.70. The molecular formula is C17H18N2O3S. The second-order valence-corrected chi connectivity index (χ2v) is 5.52. The Balaban J connectivity index is 1.83. The molecule has 6 heteroatoms. The maximum atomic E-state index is 11.9. The van der Waals surface area contributed by atoms with Gasteiger partial charge in [-0.3, -0.25) is 10.1 Å². The first-order valence-electron chi connectivity index (χ1n) is 7.04. The molecule has 0 saturated carbocycles. The molecule has 1 amide bonds. The molecule has 120 valence electrons. The maximum Gasteiger partial charge on any atom is 0.264 e. The van der Waals surface area contributed by atoms with Crippen LogP contribution < -0.4 is 15.4 Å². The molecule has 5 nitrogen and oxygen atoms in total. The van der Waals surface area contributed by atoms with Gasteiger partial charge < -0.3 is 15.2 Å². The van der Waals surface area contributed by atoms with Crippen molar-refractivity contribution >= 4 is 28.9 Å². The minimum absolute atomic E-state index is 0.123. The van der Waals surface area contributed by atoms with Gasteiger partial charge in [0.15, 0.2) is 11.7 Å². The summed E-state index contributed by atoms with van der Waals surface area (Å²) in [6.45, 7) is 3.76. The van der Waals surface area contributed by atoms with Gasteiger partial charge in [0.1, 0.15) is 11.5 Å². The van der Waals surface area contributed by atoms with Crippen molar-refractivity contribution in [1.29, 1.82) is 0 Å². The highest BCUT2D eigenvalue weighted by Crippen LogP contribution is 2.18. The van der Waals surface area contributed by atoms with Gasteiger partial charge >= 0.3 is 0 Å². The SMILES string of the molecule is Cc1ccc(C)c(OCC(=O)NC(=S)Nc2ccc(O)cc2)c1. The van der Waals surface area contributed by atoms with E-state index in [0.717, 1.165) is 11.1 Å². The number of benzene rings is 2. The van der Waals surface area contributed by atoms with E-state index in [2.05, 4.69) is 10.6 Å². The Kier molecular flexibility index (Phi) is 5.54. The number of amides is 1. The lowest BCUT2D eigenvalue weighted by atomic mass is 10.1. The summed E-state index contributed by atoms with van der Waals surface area (Å²) in [7, 11) is 0. The summed E-state index contributed by atoms with van der Waals surface area (Å²) < 4.78 is 5.51. The zero-order chi connectivity index (χ0) is 16.8. The van der Waals surface area contributed by atoms with E-state index in [-0.39, 0.29) is 23.4 Å². The van der Waals surface area contributed by atoms with Crippen molar-refractivity contribution in [2.24, 2.45) is 0 Å². The molecule has 23 heavy (non-hydrogen) atoms.